The fourth-order valence-electron chi connectivity index (χ4n) is 2.18. The monoisotopic (exact) mass is 265 g/mol. The summed E-state index contributed by atoms with van der Waals surface area (Å²) in [5.74, 6) is 0. The Bertz CT molecular complexity index is 718. The van der Waals surface area contributed by atoms with E-state index in [2.05, 4.69) is 21.4 Å². The number of aryl methyl sites for hydroxylation is 1. The third-order valence-corrected chi connectivity index (χ3v) is 3.11. The number of hydrogen-bond donors (Lipinski definition) is 1. The number of nitrogens with two attached hydrogens (primary N) is 1. The van der Waals surface area contributed by atoms with Crippen LogP contribution >= 0.6 is 0 Å². The van der Waals surface area contributed by atoms with E-state index in [1.54, 1.807) is 12.4 Å². The highest BCUT2D eigenvalue weighted by Crippen LogP contribution is 2.24. The van der Waals surface area contributed by atoms with Crippen LogP contribution in [0.2, 0.25) is 0 Å². The standard InChI is InChI=1S/C15H15N5/c1-11-4-2-6-13(8-11)20-15(14(9-16)18-19-20)12-5-3-7-17-10-12/h2-8,10H,9,16H2,1H3. The Labute approximate surface area is 117 Å². The minimum absolute atomic E-state index is 0.343. The summed E-state index contributed by atoms with van der Waals surface area (Å²) in [5.41, 5.74) is 10.5. The van der Waals surface area contributed by atoms with Crippen LogP contribution < -0.4 is 5.73 Å². The molecule has 0 aliphatic carbocycles. The lowest BCUT2D eigenvalue weighted by Crippen LogP contribution is -2.03. The second-order valence-electron chi connectivity index (χ2n) is 4.58. The second kappa shape index (κ2) is 5.22. The molecule has 2 N–H and O–H groups in total. The lowest BCUT2D eigenvalue weighted by Gasteiger charge is -2.08. The molecule has 100 valence electrons. The van der Waals surface area contributed by atoms with Crippen LogP contribution in [-0.4, -0.2) is 20.0 Å². The van der Waals surface area contributed by atoms with E-state index in [-0.39, 0.29) is 0 Å². The third kappa shape index (κ3) is 2.19. The van der Waals surface area contributed by atoms with Crippen molar-refractivity contribution >= 4 is 0 Å². The molecule has 0 saturated carbocycles. The molecule has 0 saturated heterocycles. The van der Waals surface area contributed by atoms with E-state index in [4.69, 9.17) is 5.73 Å². The summed E-state index contributed by atoms with van der Waals surface area (Å²) in [5, 5.41) is 8.41. The first-order valence-electron chi connectivity index (χ1n) is 6.41. The van der Waals surface area contributed by atoms with Crippen LogP contribution in [0.5, 0.6) is 0 Å². The Hall–Kier alpha value is -2.53. The molecular formula is C15H15N5. The van der Waals surface area contributed by atoms with Crippen molar-refractivity contribution in [3.05, 3.63) is 60.0 Å². The lowest BCUT2D eigenvalue weighted by atomic mass is 10.1. The van der Waals surface area contributed by atoms with Gasteiger partial charge in [-0.1, -0.05) is 17.3 Å². The maximum absolute atomic E-state index is 5.77. The van der Waals surface area contributed by atoms with Gasteiger partial charge in [0.05, 0.1) is 5.69 Å². The Morgan fingerprint density at radius 2 is 2.10 bits per heavy atom. The van der Waals surface area contributed by atoms with Crippen molar-refractivity contribution in [3.8, 4) is 16.9 Å². The van der Waals surface area contributed by atoms with Crippen molar-refractivity contribution in [1.29, 1.82) is 0 Å². The highest BCUT2D eigenvalue weighted by molar-refractivity contribution is 5.63. The van der Waals surface area contributed by atoms with Crippen molar-refractivity contribution < 1.29 is 0 Å². The predicted molar refractivity (Wildman–Crippen MR) is 77.2 cm³/mol. The number of rotatable bonds is 3. The SMILES string of the molecule is Cc1cccc(-n2nnc(CN)c2-c2cccnc2)c1. The Kier molecular flexibility index (Phi) is 3.26. The van der Waals surface area contributed by atoms with Gasteiger partial charge in [-0.05, 0) is 36.8 Å². The highest BCUT2D eigenvalue weighted by atomic mass is 15.4. The van der Waals surface area contributed by atoms with Gasteiger partial charge in [0.2, 0.25) is 0 Å². The summed E-state index contributed by atoms with van der Waals surface area (Å²) >= 11 is 0. The predicted octanol–water partition coefficient (Wildman–Crippen LogP) is 2.10. The summed E-state index contributed by atoms with van der Waals surface area (Å²) in [4.78, 5) is 4.16. The summed E-state index contributed by atoms with van der Waals surface area (Å²) < 4.78 is 1.81. The number of pyridine rings is 1. The molecule has 0 spiro atoms. The zero-order valence-electron chi connectivity index (χ0n) is 11.2. The van der Waals surface area contributed by atoms with E-state index in [1.165, 1.54) is 5.56 Å². The first-order chi connectivity index (χ1) is 9.79. The van der Waals surface area contributed by atoms with Gasteiger partial charge in [0.15, 0.2) is 0 Å². The average molecular weight is 265 g/mol. The molecular weight excluding hydrogens is 250 g/mol. The molecule has 3 rings (SSSR count). The van der Waals surface area contributed by atoms with Crippen molar-refractivity contribution in [2.24, 2.45) is 5.73 Å². The van der Waals surface area contributed by atoms with Gasteiger partial charge in [0.1, 0.15) is 11.4 Å². The van der Waals surface area contributed by atoms with Crippen molar-refractivity contribution in [3.63, 3.8) is 0 Å². The third-order valence-electron chi connectivity index (χ3n) is 3.11. The quantitative estimate of drug-likeness (QED) is 0.787. The molecule has 3 aromatic rings. The van der Waals surface area contributed by atoms with Gasteiger partial charge in [-0.2, -0.15) is 0 Å². The molecule has 1 aromatic carbocycles. The molecule has 0 amide bonds. The summed E-state index contributed by atoms with van der Waals surface area (Å²) in [6.07, 6.45) is 3.54. The first kappa shape index (κ1) is 12.5. The molecule has 0 radical (unpaired) electrons. The first-order valence-corrected chi connectivity index (χ1v) is 6.41. The van der Waals surface area contributed by atoms with Gasteiger partial charge >= 0.3 is 0 Å². The molecule has 5 nitrogen and oxygen atoms in total. The molecule has 20 heavy (non-hydrogen) atoms. The van der Waals surface area contributed by atoms with E-state index in [0.29, 0.717) is 6.54 Å². The van der Waals surface area contributed by atoms with E-state index < -0.39 is 0 Å². The topological polar surface area (TPSA) is 69.6 Å². The molecule has 0 atom stereocenters. The van der Waals surface area contributed by atoms with E-state index in [1.807, 2.05) is 41.9 Å². The molecule has 5 heteroatoms. The molecule has 2 aromatic heterocycles. The summed E-state index contributed by atoms with van der Waals surface area (Å²) in [6.45, 7) is 2.39. The van der Waals surface area contributed by atoms with Gasteiger partial charge in [0.25, 0.3) is 0 Å². The number of aromatic nitrogens is 4. The van der Waals surface area contributed by atoms with E-state index in [9.17, 15) is 0 Å². The Morgan fingerprint density at radius 1 is 1.20 bits per heavy atom. The maximum Gasteiger partial charge on any atom is 0.105 e. The number of benzene rings is 1. The fourth-order valence-corrected chi connectivity index (χ4v) is 2.18. The van der Waals surface area contributed by atoms with Crippen LogP contribution in [0.3, 0.4) is 0 Å². The zero-order valence-corrected chi connectivity index (χ0v) is 11.2. The summed E-state index contributed by atoms with van der Waals surface area (Å²) in [7, 11) is 0. The van der Waals surface area contributed by atoms with E-state index in [0.717, 1.165) is 22.6 Å². The van der Waals surface area contributed by atoms with Crippen LogP contribution in [0, 0.1) is 6.92 Å². The zero-order chi connectivity index (χ0) is 13.9. The number of hydrogen-bond acceptors (Lipinski definition) is 4. The largest absolute Gasteiger partial charge is 0.325 e. The molecule has 0 aliphatic heterocycles. The van der Waals surface area contributed by atoms with Gasteiger partial charge in [-0.15, -0.1) is 5.10 Å². The molecule has 0 bridgehead atoms. The minimum Gasteiger partial charge on any atom is -0.325 e. The van der Waals surface area contributed by atoms with Crippen LogP contribution in [0.1, 0.15) is 11.3 Å². The van der Waals surface area contributed by atoms with Crippen molar-refractivity contribution in [2.75, 3.05) is 0 Å². The van der Waals surface area contributed by atoms with Gasteiger partial charge in [0, 0.05) is 24.5 Å². The summed E-state index contributed by atoms with van der Waals surface area (Å²) in [6, 6.07) is 12.0. The van der Waals surface area contributed by atoms with Crippen LogP contribution in [-0.2, 0) is 6.54 Å². The fraction of sp³-hybridized carbons (Fsp3) is 0.133. The maximum atomic E-state index is 5.77. The minimum atomic E-state index is 0.343. The molecule has 0 aliphatic rings. The van der Waals surface area contributed by atoms with Crippen LogP contribution in [0.15, 0.2) is 48.8 Å². The van der Waals surface area contributed by atoms with Gasteiger partial charge < -0.3 is 5.73 Å². The second-order valence-corrected chi connectivity index (χ2v) is 4.58. The van der Waals surface area contributed by atoms with E-state index >= 15 is 0 Å². The van der Waals surface area contributed by atoms with Crippen LogP contribution in [0.25, 0.3) is 16.9 Å². The van der Waals surface area contributed by atoms with Gasteiger partial charge in [-0.3, -0.25) is 4.98 Å². The Balaban J connectivity index is 2.20. The van der Waals surface area contributed by atoms with Crippen molar-refractivity contribution in [1.82, 2.24) is 20.0 Å². The highest BCUT2D eigenvalue weighted by Gasteiger charge is 2.15. The van der Waals surface area contributed by atoms with Crippen LogP contribution in [0.4, 0.5) is 0 Å². The lowest BCUT2D eigenvalue weighted by molar-refractivity contribution is 0.799. The van der Waals surface area contributed by atoms with Gasteiger partial charge in [-0.25, -0.2) is 4.68 Å². The molecule has 0 fully saturated rings. The normalized spacial score (nSPS) is 10.7. The smallest absolute Gasteiger partial charge is 0.105 e. The Morgan fingerprint density at radius 3 is 2.80 bits per heavy atom. The van der Waals surface area contributed by atoms with Crippen molar-refractivity contribution in [2.45, 2.75) is 13.5 Å². The number of nitrogens with zero attached hydrogens (tertiary/aromatic N) is 4. The average Bonchev–Trinajstić information content (AvgIpc) is 2.92. The molecule has 2 heterocycles. The molecule has 0 unspecified atom stereocenters.